The number of nitrogens with zero attached hydrogens (tertiary/aromatic N) is 6. The van der Waals surface area contributed by atoms with Crippen LogP contribution in [0.25, 0.3) is 55.8 Å². The van der Waals surface area contributed by atoms with Crippen LogP contribution < -0.4 is 5.32 Å². The number of rotatable bonds is 8. The first kappa shape index (κ1) is 22.7. The molecule has 6 rings (SSSR count). The molecule has 0 aromatic carbocycles. The molecule has 184 valence electrons. The molecule has 1 unspecified atom stereocenters. The van der Waals surface area contributed by atoms with Gasteiger partial charge in [0.1, 0.15) is 17.4 Å². The van der Waals surface area contributed by atoms with Crippen molar-refractivity contribution in [3.8, 4) is 33.9 Å². The van der Waals surface area contributed by atoms with E-state index in [0.717, 1.165) is 62.8 Å². The molecule has 10 heteroatoms. The summed E-state index contributed by atoms with van der Waals surface area (Å²) in [7, 11) is 0. The summed E-state index contributed by atoms with van der Waals surface area (Å²) in [5.41, 5.74) is 7.23. The second kappa shape index (κ2) is 9.75. The smallest absolute Gasteiger partial charge is 0.159 e. The van der Waals surface area contributed by atoms with Crippen molar-refractivity contribution in [1.82, 2.24) is 40.1 Å². The van der Waals surface area contributed by atoms with Crippen LogP contribution in [0.15, 0.2) is 67.6 Å². The predicted octanol–water partition coefficient (Wildman–Crippen LogP) is 4.94. The summed E-state index contributed by atoms with van der Waals surface area (Å²) >= 11 is 0. The van der Waals surface area contributed by atoms with Crippen LogP contribution in [0.1, 0.15) is 26.2 Å². The van der Waals surface area contributed by atoms with Crippen molar-refractivity contribution in [2.45, 2.75) is 32.4 Å². The Morgan fingerprint density at radius 1 is 0.973 bits per heavy atom. The Balaban J connectivity index is 1.37. The van der Waals surface area contributed by atoms with Gasteiger partial charge in [-0.15, -0.1) is 0 Å². The molecular formula is C27H25N9O. The van der Waals surface area contributed by atoms with E-state index in [-0.39, 0.29) is 0 Å². The van der Waals surface area contributed by atoms with E-state index in [1.807, 2.05) is 24.3 Å². The van der Waals surface area contributed by atoms with Crippen molar-refractivity contribution >= 4 is 27.6 Å². The van der Waals surface area contributed by atoms with Crippen molar-refractivity contribution in [3.63, 3.8) is 0 Å². The van der Waals surface area contributed by atoms with Crippen LogP contribution in [0.3, 0.4) is 0 Å². The summed E-state index contributed by atoms with van der Waals surface area (Å²) in [5.74, 6) is 0.629. The van der Waals surface area contributed by atoms with Crippen LogP contribution >= 0.6 is 0 Å². The van der Waals surface area contributed by atoms with E-state index in [9.17, 15) is 5.11 Å². The number of aliphatic hydroxyl groups excluding tert-OH is 1. The molecule has 0 aliphatic carbocycles. The summed E-state index contributed by atoms with van der Waals surface area (Å²) < 4.78 is 0. The third-order valence-electron chi connectivity index (χ3n) is 6.24. The number of aromatic amines is 2. The molecule has 0 radical (unpaired) electrons. The average Bonchev–Trinajstić information content (AvgIpc) is 3.56. The van der Waals surface area contributed by atoms with Gasteiger partial charge in [0.15, 0.2) is 5.82 Å². The summed E-state index contributed by atoms with van der Waals surface area (Å²) in [6, 6.07) is 7.78. The van der Waals surface area contributed by atoms with Crippen LogP contribution in [0.2, 0.25) is 0 Å². The maximum atomic E-state index is 10.2. The molecule has 6 aromatic heterocycles. The number of aromatic nitrogens is 8. The minimum absolute atomic E-state index is 0.618. The zero-order chi connectivity index (χ0) is 25.2. The molecule has 0 aliphatic rings. The van der Waals surface area contributed by atoms with Crippen LogP contribution in [0.4, 0.5) is 5.69 Å². The van der Waals surface area contributed by atoms with Crippen LogP contribution in [-0.2, 0) is 0 Å². The molecule has 0 amide bonds. The van der Waals surface area contributed by atoms with Gasteiger partial charge in [-0.2, -0.15) is 5.10 Å². The Morgan fingerprint density at radius 2 is 1.86 bits per heavy atom. The quantitative estimate of drug-likeness (QED) is 0.219. The lowest BCUT2D eigenvalue weighted by Crippen LogP contribution is -2.18. The van der Waals surface area contributed by atoms with Crippen LogP contribution in [0.5, 0.6) is 0 Å². The Kier molecular flexibility index (Phi) is 5.99. The van der Waals surface area contributed by atoms with Crippen LogP contribution in [0, 0.1) is 0 Å². The highest BCUT2D eigenvalue weighted by molar-refractivity contribution is 5.97. The molecule has 0 saturated heterocycles. The maximum absolute atomic E-state index is 10.2. The first-order valence-corrected chi connectivity index (χ1v) is 12.2. The van der Waals surface area contributed by atoms with Crippen LogP contribution in [-0.4, -0.2) is 51.4 Å². The molecule has 0 aliphatic heterocycles. The lowest BCUT2D eigenvalue weighted by Gasteiger charge is -2.14. The number of H-pyrrole nitrogens is 2. The molecule has 4 N–H and O–H groups in total. The van der Waals surface area contributed by atoms with Crippen molar-refractivity contribution in [3.05, 3.63) is 67.6 Å². The summed E-state index contributed by atoms with van der Waals surface area (Å²) in [5, 5.41) is 21.8. The first-order chi connectivity index (χ1) is 18.2. The molecule has 6 heterocycles. The monoisotopic (exact) mass is 491 g/mol. The second-order valence-electron chi connectivity index (χ2n) is 8.86. The number of imidazole rings is 1. The molecular weight excluding hydrogens is 466 g/mol. The van der Waals surface area contributed by atoms with Gasteiger partial charge < -0.3 is 15.4 Å². The SMILES string of the molecule is CCCCC(O)Nc1cncc(-c2cc3c(-c4nc5c(-c6cccnc6)cncc5[nH]4)n[nH]c3cn2)c1. The minimum Gasteiger partial charge on any atom is -0.374 e. The third kappa shape index (κ3) is 4.50. The van der Waals surface area contributed by atoms with E-state index in [2.05, 4.69) is 47.4 Å². The van der Waals surface area contributed by atoms with E-state index in [1.165, 1.54) is 0 Å². The topological polar surface area (TPSA) is 141 Å². The Bertz CT molecular complexity index is 1680. The lowest BCUT2D eigenvalue weighted by molar-refractivity contribution is 0.190. The summed E-state index contributed by atoms with van der Waals surface area (Å²) in [6.45, 7) is 2.10. The van der Waals surface area contributed by atoms with E-state index >= 15 is 0 Å². The largest absolute Gasteiger partial charge is 0.374 e. The Hall–Kier alpha value is -4.70. The fraction of sp³-hybridized carbons (Fsp3) is 0.185. The van der Waals surface area contributed by atoms with E-state index in [1.54, 1.807) is 43.4 Å². The number of aliphatic hydroxyl groups is 1. The number of unbranched alkanes of at least 4 members (excludes halogenated alkanes) is 1. The van der Waals surface area contributed by atoms with E-state index < -0.39 is 6.23 Å². The minimum atomic E-state index is -0.618. The fourth-order valence-corrected chi connectivity index (χ4v) is 4.35. The number of anilines is 1. The van der Waals surface area contributed by atoms with Crippen molar-refractivity contribution in [2.24, 2.45) is 0 Å². The predicted molar refractivity (Wildman–Crippen MR) is 142 cm³/mol. The van der Waals surface area contributed by atoms with Gasteiger partial charge in [-0.1, -0.05) is 19.4 Å². The first-order valence-electron chi connectivity index (χ1n) is 12.2. The van der Waals surface area contributed by atoms with Gasteiger partial charge >= 0.3 is 0 Å². The Labute approximate surface area is 212 Å². The molecule has 0 bridgehead atoms. The lowest BCUT2D eigenvalue weighted by atomic mass is 10.1. The Morgan fingerprint density at radius 3 is 2.73 bits per heavy atom. The highest BCUT2D eigenvalue weighted by Gasteiger charge is 2.17. The van der Waals surface area contributed by atoms with Crippen molar-refractivity contribution in [2.75, 3.05) is 5.32 Å². The fourth-order valence-electron chi connectivity index (χ4n) is 4.35. The standard InChI is InChI=1S/C27H25N9O/c1-2-3-6-24(37)32-18-8-17(11-29-12-18)21-9-19-22(15-31-21)35-36-26(19)27-33-23-14-30-13-20(25(23)34-27)16-5-4-7-28-10-16/h4-5,7-15,24,32,37H,2-3,6H2,1H3,(H,33,34)(H,35,36). The average molecular weight is 492 g/mol. The molecule has 1 atom stereocenters. The molecule has 0 saturated carbocycles. The second-order valence-corrected chi connectivity index (χ2v) is 8.86. The van der Waals surface area contributed by atoms with Gasteiger partial charge in [-0.05, 0) is 31.0 Å². The zero-order valence-corrected chi connectivity index (χ0v) is 20.2. The van der Waals surface area contributed by atoms with Crippen molar-refractivity contribution in [1.29, 1.82) is 0 Å². The summed E-state index contributed by atoms with van der Waals surface area (Å²) in [6.07, 6.45) is 14.3. The van der Waals surface area contributed by atoms with Gasteiger partial charge in [-0.25, -0.2) is 4.98 Å². The van der Waals surface area contributed by atoms with Gasteiger partial charge in [0, 0.05) is 46.9 Å². The number of nitrogens with one attached hydrogen (secondary N) is 3. The molecule has 0 fully saturated rings. The molecule has 6 aromatic rings. The van der Waals surface area contributed by atoms with Gasteiger partial charge in [0.2, 0.25) is 0 Å². The number of fused-ring (bicyclic) bond motifs is 2. The number of pyridine rings is 4. The van der Waals surface area contributed by atoms with E-state index in [0.29, 0.717) is 17.9 Å². The number of hydrogen-bond acceptors (Lipinski definition) is 8. The van der Waals surface area contributed by atoms with Gasteiger partial charge in [-0.3, -0.25) is 25.0 Å². The normalized spacial score (nSPS) is 12.3. The summed E-state index contributed by atoms with van der Waals surface area (Å²) in [4.78, 5) is 25.8. The zero-order valence-electron chi connectivity index (χ0n) is 20.2. The molecule has 10 nitrogen and oxygen atoms in total. The van der Waals surface area contributed by atoms with E-state index in [4.69, 9.17) is 4.98 Å². The highest BCUT2D eigenvalue weighted by atomic mass is 16.3. The van der Waals surface area contributed by atoms with Gasteiger partial charge in [0.05, 0.1) is 41.0 Å². The molecule has 37 heavy (non-hydrogen) atoms. The molecule has 0 spiro atoms. The number of hydrogen-bond donors (Lipinski definition) is 4. The maximum Gasteiger partial charge on any atom is 0.159 e. The van der Waals surface area contributed by atoms with Crippen molar-refractivity contribution < 1.29 is 5.11 Å². The van der Waals surface area contributed by atoms with Gasteiger partial charge in [0.25, 0.3) is 0 Å². The third-order valence-corrected chi connectivity index (χ3v) is 6.24. The highest BCUT2D eigenvalue weighted by Crippen LogP contribution is 2.32.